The summed E-state index contributed by atoms with van der Waals surface area (Å²) in [6.07, 6.45) is 5.93. The summed E-state index contributed by atoms with van der Waals surface area (Å²) in [4.78, 5) is 13.9. The maximum Gasteiger partial charge on any atom is 0.232 e. The Morgan fingerprint density at radius 1 is 0.979 bits per heavy atom. The first-order chi connectivity index (χ1) is 23.1. The van der Waals surface area contributed by atoms with Crippen molar-refractivity contribution in [2.75, 3.05) is 92.9 Å². The normalized spacial score (nSPS) is 18.1. The number of benzene rings is 2. The summed E-state index contributed by atoms with van der Waals surface area (Å²) in [5.74, 6) is 1.09. The van der Waals surface area contributed by atoms with Gasteiger partial charge in [0, 0.05) is 69.7 Å². The molecule has 0 amide bonds. The molecule has 7 rings (SSSR count). The van der Waals surface area contributed by atoms with Gasteiger partial charge in [-0.3, -0.25) is 9.21 Å². The van der Waals surface area contributed by atoms with Crippen LogP contribution in [0.2, 0.25) is 0 Å². The molecule has 13 nitrogen and oxygen atoms in total. The van der Waals surface area contributed by atoms with E-state index >= 15 is 4.39 Å². The van der Waals surface area contributed by atoms with Gasteiger partial charge in [-0.1, -0.05) is 0 Å². The molecule has 2 aromatic carbocycles. The number of hydrogen-bond donors (Lipinski definition) is 2. The fourth-order valence-corrected chi connectivity index (χ4v) is 6.92. The molecule has 260 valence electrons. The van der Waals surface area contributed by atoms with Crippen molar-refractivity contribution in [2.24, 2.45) is 0 Å². The Hall–Kier alpha value is -3.60. The Morgan fingerprint density at radius 2 is 1.69 bits per heavy atom. The molecule has 5 heterocycles. The van der Waals surface area contributed by atoms with Gasteiger partial charge in [-0.25, -0.2) is 17.8 Å². The van der Waals surface area contributed by atoms with Crippen molar-refractivity contribution in [3.05, 3.63) is 40.8 Å². The van der Waals surface area contributed by atoms with Gasteiger partial charge in [0.1, 0.15) is 17.3 Å². The molecule has 1 aromatic heterocycles. The minimum atomic E-state index is -3.69. The third-order valence-electron chi connectivity index (χ3n) is 8.83. The molecule has 2 saturated heterocycles. The van der Waals surface area contributed by atoms with Crippen LogP contribution in [0.15, 0.2) is 34.9 Å². The van der Waals surface area contributed by atoms with E-state index in [1.54, 1.807) is 13.3 Å². The van der Waals surface area contributed by atoms with E-state index in [9.17, 15) is 8.42 Å². The van der Waals surface area contributed by atoms with Crippen LogP contribution in [0.4, 0.5) is 38.9 Å². The van der Waals surface area contributed by atoms with E-state index in [0.29, 0.717) is 47.1 Å². The van der Waals surface area contributed by atoms with Crippen LogP contribution in [-0.4, -0.2) is 102 Å². The lowest BCUT2D eigenvalue weighted by Crippen LogP contribution is -2.49. The van der Waals surface area contributed by atoms with E-state index in [-0.39, 0.29) is 35.5 Å². The van der Waals surface area contributed by atoms with Gasteiger partial charge in [0.15, 0.2) is 11.6 Å². The minimum Gasteiger partial charge on any atom is -0.494 e. The van der Waals surface area contributed by atoms with Crippen LogP contribution in [0.5, 0.6) is 17.2 Å². The van der Waals surface area contributed by atoms with Crippen LogP contribution in [0.1, 0.15) is 25.7 Å². The smallest absolute Gasteiger partial charge is 0.232 e. The number of nitrogens with one attached hydrogen (secondary N) is 2. The number of methoxy groups -OCH3 is 1. The highest BCUT2D eigenvalue weighted by Gasteiger charge is 2.28. The first-order valence-electron chi connectivity index (χ1n) is 16.0. The largest absolute Gasteiger partial charge is 0.494 e. The number of sulfonamides is 1. The molecule has 0 unspecified atom stereocenters. The zero-order valence-corrected chi connectivity index (χ0v) is 29.7. The summed E-state index contributed by atoms with van der Waals surface area (Å²) >= 11 is 3.46. The molecule has 4 aliphatic rings. The summed E-state index contributed by atoms with van der Waals surface area (Å²) < 4.78 is 65.5. The Kier molecular flexibility index (Phi) is 10.6. The minimum absolute atomic E-state index is 0.0558. The van der Waals surface area contributed by atoms with Gasteiger partial charge in [-0.15, -0.1) is 0 Å². The van der Waals surface area contributed by atoms with Crippen LogP contribution < -0.4 is 34.0 Å². The Morgan fingerprint density at radius 3 is 2.38 bits per heavy atom. The Balaban J connectivity index is 1.32. The van der Waals surface area contributed by atoms with Crippen molar-refractivity contribution >= 4 is 60.5 Å². The van der Waals surface area contributed by atoms with E-state index in [1.807, 2.05) is 12.1 Å². The monoisotopic (exact) mass is 749 g/mol. The van der Waals surface area contributed by atoms with Crippen LogP contribution >= 0.6 is 15.9 Å². The Bertz CT molecular complexity index is 1720. The number of hydrogen-bond acceptors (Lipinski definition) is 12. The van der Waals surface area contributed by atoms with Crippen LogP contribution in [0, 0.1) is 5.82 Å². The fourth-order valence-electron chi connectivity index (χ4n) is 6.12. The van der Waals surface area contributed by atoms with Crippen molar-refractivity contribution in [3.8, 4) is 17.2 Å². The predicted octanol–water partition coefficient (Wildman–Crippen LogP) is 5.12. The highest BCUT2D eigenvalue weighted by Crippen LogP contribution is 2.42. The lowest BCUT2D eigenvalue weighted by atomic mass is 10.0. The molecule has 48 heavy (non-hydrogen) atoms. The molecule has 0 aliphatic carbocycles. The topological polar surface area (TPSA) is 131 Å². The van der Waals surface area contributed by atoms with Crippen LogP contribution in [0.25, 0.3) is 0 Å². The standard InChI is InChI=1S/C32H41BrFN7O6S/c1-39(48(3,42)43)26-18-28-23(34)16-24(26)36-31-22(33)20-35-32(38-31)37-25-17-30(47-13-5-4-12-46-28)27(19-29(25)44-2)41-8-6-21(7-9-41)40-10-14-45-15-11-40/h16-21H,4-15H2,1-3H3,(H2,35,36,37,38). The average Bonchev–Trinajstić information content (AvgIpc) is 3.08. The van der Waals surface area contributed by atoms with Crippen molar-refractivity contribution in [3.63, 3.8) is 0 Å². The SMILES string of the molecule is COc1cc(N2CCC(N3CCOCC3)CC2)c2cc1Nc1ncc(Br)c(n1)Nc1cc(F)c(cc1N(C)S(C)(=O)=O)OCCCCO2. The molecule has 3 aromatic rings. The van der Waals surface area contributed by atoms with Gasteiger partial charge in [0.25, 0.3) is 0 Å². The van der Waals surface area contributed by atoms with Crippen molar-refractivity contribution in [2.45, 2.75) is 31.7 Å². The van der Waals surface area contributed by atoms with Crippen molar-refractivity contribution < 1.29 is 31.8 Å². The number of morpholine rings is 1. The second kappa shape index (κ2) is 14.9. The highest BCUT2D eigenvalue weighted by atomic mass is 79.9. The predicted molar refractivity (Wildman–Crippen MR) is 187 cm³/mol. The zero-order chi connectivity index (χ0) is 33.8. The van der Waals surface area contributed by atoms with E-state index in [2.05, 4.69) is 46.3 Å². The number of halogens is 2. The van der Waals surface area contributed by atoms with E-state index in [4.69, 9.17) is 18.9 Å². The van der Waals surface area contributed by atoms with Gasteiger partial charge in [0.2, 0.25) is 16.0 Å². The lowest BCUT2D eigenvalue weighted by molar-refractivity contribution is 0.0115. The number of ether oxygens (including phenoxy) is 4. The van der Waals surface area contributed by atoms with E-state index < -0.39 is 15.8 Å². The van der Waals surface area contributed by atoms with Gasteiger partial charge < -0.3 is 34.5 Å². The quantitative estimate of drug-likeness (QED) is 0.359. The number of nitrogens with zero attached hydrogens (tertiary/aromatic N) is 5. The molecule has 0 spiro atoms. The zero-order valence-electron chi connectivity index (χ0n) is 27.3. The molecular formula is C32H41BrFN7O6S. The second-order valence-corrected chi connectivity index (χ2v) is 14.8. The molecule has 0 radical (unpaired) electrons. The third kappa shape index (κ3) is 7.82. The molecule has 6 bridgehead atoms. The Labute approximate surface area is 288 Å². The molecule has 2 fully saturated rings. The number of rotatable bonds is 5. The van der Waals surface area contributed by atoms with Gasteiger partial charge in [0.05, 0.1) is 67.0 Å². The van der Waals surface area contributed by atoms with Crippen LogP contribution in [-0.2, 0) is 14.8 Å². The lowest BCUT2D eigenvalue weighted by Gasteiger charge is -2.41. The number of anilines is 6. The fraction of sp³-hybridized carbons (Fsp3) is 0.500. The maximum atomic E-state index is 15.3. The summed E-state index contributed by atoms with van der Waals surface area (Å²) in [7, 11) is -0.687. The summed E-state index contributed by atoms with van der Waals surface area (Å²) in [6.45, 7) is 5.91. The second-order valence-electron chi connectivity index (χ2n) is 12.0. The molecule has 4 aliphatic heterocycles. The van der Waals surface area contributed by atoms with Crippen molar-refractivity contribution in [1.82, 2.24) is 14.9 Å². The maximum absolute atomic E-state index is 15.3. The molecule has 16 heteroatoms. The first kappa shape index (κ1) is 34.3. The molecular weight excluding hydrogens is 709 g/mol. The highest BCUT2D eigenvalue weighted by molar-refractivity contribution is 9.10. The summed E-state index contributed by atoms with van der Waals surface area (Å²) in [6, 6.07) is 7.00. The molecule has 0 atom stereocenters. The molecule has 0 saturated carbocycles. The number of aromatic nitrogens is 2. The third-order valence-corrected chi connectivity index (χ3v) is 10.6. The molecule has 2 N–H and O–H groups in total. The summed E-state index contributed by atoms with van der Waals surface area (Å²) in [5, 5.41) is 6.33. The van der Waals surface area contributed by atoms with Crippen LogP contribution in [0.3, 0.4) is 0 Å². The number of piperidine rings is 1. The van der Waals surface area contributed by atoms with E-state index in [0.717, 1.165) is 68.5 Å². The van der Waals surface area contributed by atoms with Gasteiger partial charge in [-0.2, -0.15) is 4.98 Å². The average molecular weight is 751 g/mol. The van der Waals surface area contributed by atoms with Gasteiger partial charge >= 0.3 is 0 Å². The van der Waals surface area contributed by atoms with Crippen molar-refractivity contribution in [1.29, 1.82) is 0 Å². The summed E-state index contributed by atoms with van der Waals surface area (Å²) in [5.41, 5.74) is 1.92. The van der Waals surface area contributed by atoms with Gasteiger partial charge in [-0.05, 0) is 41.6 Å². The number of fused-ring (bicyclic) bond motifs is 7. The van der Waals surface area contributed by atoms with E-state index in [1.165, 1.54) is 19.2 Å². The first-order valence-corrected chi connectivity index (χ1v) is 18.6.